The summed E-state index contributed by atoms with van der Waals surface area (Å²) in [5.74, 6) is 1.27. The van der Waals surface area contributed by atoms with Gasteiger partial charge in [0, 0.05) is 24.8 Å². The van der Waals surface area contributed by atoms with Crippen LogP contribution < -0.4 is 15.4 Å². The first-order chi connectivity index (χ1) is 16.0. The van der Waals surface area contributed by atoms with Gasteiger partial charge in [-0.15, -0.1) is 0 Å². The number of carbonyl (C=O) groups is 1. The fourth-order valence-electron chi connectivity index (χ4n) is 4.91. The van der Waals surface area contributed by atoms with Crippen molar-refractivity contribution in [3.05, 3.63) is 59.9 Å². The highest BCUT2D eigenvalue weighted by Crippen LogP contribution is 2.28. The molecule has 4 rings (SSSR count). The van der Waals surface area contributed by atoms with Crippen LogP contribution in [0.5, 0.6) is 5.75 Å². The monoisotopic (exact) mass is 453 g/mol. The molecule has 1 aliphatic heterocycles. The lowest BCUT2D eigenvalue weighted by Crippen LogP contribution is -2.41. The quantitative estimate of drug-likeness (QED) is 0.561. The summed E-state index contributed by atoms with van der Waals surface area (Å²) < 4.78 is 19.0. The Labute approximate surface area is 196 Å². The standard InChI is InChI=1S/C27H36FN3O2/c1-20-2-8-23(9-3-20)29-27(32)30-24-10-4-21(5-11-24)14-17-31-18-15-26(16-19-31)33-25-12-6-22(28)7-13-25/h2-3,6-9,12-13,21,24,26H,4-5,10-11,14-19H2,1H3,(H2,29,30,32). The minimum atomic E-state index is -0.229. The molecule has 178 valence electrons. The van der Waals surface area contributed by atoms with Crippen molar-refractivity contribution in [2.75, 3.05) is 25.0 Å². The Morgan fingerprint density at radius 2 is 1.64 bits per heavy atom. The maximum absolute atomic E-state index is 13.0. The van der Waals surface area contributed by atoms with E-state index >= 15 is 0 Å². The number of benzene rings is 2. The molecular weight excluding hydrogens is 417 g/mol. The molecule has 2 aromatic carbocycles. The zero-order chi connectivity index (χ0) is 23.0. The molecule has 2 aromatic rings. The van der Waals surface area contributed by atoms with Gasteiger partial charge in [0.1, 0.15) is 17.7 Å². The highest BCUT2D eigenvalue weighted by atomic mass is 19.1. The van der Waals surface area contributed by atoms with Crippen LogP contribution in [0.15, 0.2) is 48.5 Å². The molecule has 0 radical (unpaired) electrons. The molecule has 1 aliphatic carbocycles. The van der Waals surface area contributed by atoms with E-state index in [4.69, 9.17) is 4.74 Å². The van der Waals surface area contributed by atoms with Crippen LogP contribution in [0, 0.1) is 18.7 Å². The lowest BCUT2D eigenvalue weighted by Gasteiger charge is -2.34. The van der Waals surface area contributed by atoms with Crippen LogP contribution in [-0.2, 0) is 0 Å². The van der Waals surface area contributed by atoms with Crippen molar-refractivity contribution in [3.8, 4) is 5.75 Å². The number of nitrogens with zero attached hydrogens (tertiary/aromatic N) is 1. The molecule has 2 aliphatic rings. The molecule has 1 saturated heterocycles. The molecule has 33 heavy (non-hydrogen) atoms. The molecule has 1 heterocycles. The third kappa shape index (κ3) is 7.46. The van der Waals surface area contributed by atoms with Crippen molar-refractivity contribution >= 4 is 11.7 Å². The van der Waals surface area contributed by atoms with Crippen molar-refractivity contribution in [2.45, 2.75) is 64.0 Å². The first kappa shape index (κ1) is 23.6. The SMILES string of the molecule is Cc1ccc(NC(=O)NC2CCC(CCN3CCC(Oc4ccc(F)cc4)CC3)CC2)cc1. The predicted molar refractivity (Wildman–Crippen MR) is 130 cm³/mol. The Morgan fingerprint density at radius 1 is 0.970 bits per heavy atom. The molecule has 2 N–H and O–H groups in total. The first-order valence-corrected chi connectivity index (χ1v) is 12.3. The number of carbonyl (C=O) groups excluding carboxylic acids is 1. The number of hydrogen-bond donors (Lipinski definition) is 2. The minimum absolute atomic E-state index is 0.104. The van der Waals surface area contributed by atoms with Crippen LogP contribution in [0.3, 0.4) is 0 Å². The largest absolute Gasteiger partial charge is 0.490 e. The second-order valence-corrected chi connectivity index (χ2v) is 9.58. The minimum Gasteiger partial charge on any atom is -0.490 e. The summed E-state index contributed by atoms with van der Waals surface area (Å²) >= 11 is 0. The summed E-state index contributed by atoms with van der Waals surface area (Å²) in [7, 11) is 0. The topological polar surface area (TPSA) is 53.6 Å². The van der Waals surface area contributed by atoms with Crippen LogP contribution in [0.25, 0.3) is 0 Å². The van der Waals surface area contributed by atoms with Gasteiger partial charge in [-0.25, -0.2) is 9.18 Å². The molecule has 2 fully saturated rings. The number of anilines is 1. The molecule has 5 nitrogen and oxygen atoms in total. The molecule has 0 unspecified atom stereocenters. The molecule has 2 amide bonds. The van der Waals surface area contributed by atoms with Crippen LogP contribution in [0.2, 0.25) is 0 Å². The summed E-state index contributed by atoms with van der Waals surface area (Å²) in [4.78, 5) is 14.8. The maximum Gasteiger partial charge on any atom is 0.319 e. The first-order valence-electron chi connectivity index (χ1n) is 12.3. The number of rotatable bonds is 7. The number of aryl methyl sites for hydroxylation is 1. The van der Waals surface area contributed by atoms with Crippen LogP contribution >= 0.6 is 0 Å². The second kappa shape index (κ2) is 11.5. The number of nitrogens with one attached hydrogen (secondary N) is 2. The lowest BCUT2D eigenvalue weighted by atomic mass is 9.84. The summed E-state index contributed by atoms with van der Waals surface area (Å²) in [6.45, 7) is 5.29. The summed E-state index contributed by atoms with van der Waals surface area (Å²) in [5, 5.41) is 6.07. The van der Waals surface area contributed by atoms with E-state index < -0.39 is 0 Å². The Kier molecular flexibility index (Phi) is 8.21. The van der Waals surface area contributed by atoms with Crippen LogP contribution in [0.1, 0.15) is 50.5 Å². The summed E-state index contributed by atoms with van der Waals surface area (Å²) in [5.41, 5.74) is 2.01. The van der Waals surface area contributed by atoms with E-state index in [2.05, 4.69) is 15.5 Å². The number of urea groups is 1. The van der Waals surface area contributed by atoms with Crippen LogP contribution in [-0.4, -0.2) is 42.7 Å². The zero-order valence-electron chi connectivity index (χ0n) is 19.6. The highest BCUT2D eigenvalue weighted by Gasteiger charge is 2.25. The van der Waals surface area contributed by atoms with Gasteiger partial charge in [-0.3, -0.25) is 0 Å². The Hall–Kier alpha value is -2.60. The van der Waals surface area contributed by atoms with E-state index in [0.717, 1.165) is 62.7 Å². The van der Waals surface area contributed by atoms with Crippen LogP contribution in [0.4, 0.5) is 14.9 Å². The highest BCUT2D eigenvalue weighted by molar-refractivity contribution is 5.89. The number of likely N-dealkylation sites (tertiary alicyclic amines) is 1. The number of hydrogen-bond acceptors (Lipinski definition) is 3. The normalized spacial score (nSPS) is 22.0. The zero-order valence-corrected chi connectivity index (χ0v) is 19.6. The third-order valence-corrected chi connectivity index (χ3v) is 7.00. The van der Waals surface area contributed by atoms with E-state index in [0.29, 0.717) is 0 Å². The maximum atomic E-state index is 13.0. The van der Waals surface area contributed by atoms with Crippen molar-refractivity contribution in [3.63, 3.8) is 0 Å². The van der Waals surface area contributed by atoms with Gasteiger partial charge in [0.25, 0.3) is 0 Å². The van der Waals surface area contributed by atoms with Gasteiger partial charge in [0.15, 0.2) is 0 Å². The van der Waals surface area contributed by atoms with Gasteiger partial charge >= 0.3 is 6.03 Å². The Balaban J connectivity index is 1.09. The smallest absolute Gasteiger partial charge is 0.319 e. The average molecular weight is 454 g/mol. The van der Waals surface area contributed by atoms with Crippen molar-refractivity contribution in [1.82, 2.24) is 10.2 Å². The second-order valence-electron chi connectivity index (χ2n) is 9.58. The fourth-order valence-corrected chi connectivity index (χ4v) is 4.91. The van der Waals surface area contributed by atoms with Gasteiger partial charge in [-0.1, -0.05) is 17.7 Å². The number of halogens is 1. The molecule has 0 bridgehead atoms. The predicted octanol–water partition coefficient (Wildman–Crippen LogP) is 5.75. The molecular formula is C27H36FN3O2. The van der Waals surface area contributed by atoms with Crippen molar-refractivity contribution < 1.29 is 13.9 Å². The van der Waals surface area contributed by atoms with Crippen molar-refractivity contribution in [1.29, 1.82) is 0 Å². The van der Waals surface area contributed by atoms with E-state index in [1.165, 1.54) is 37.0 Å². The molecule has 0 atom stereocenters. The number of amides is 2. The Morgan fingerprint density at radius 3 is 2.30 bits per heavy atom. The van der Waals surface area contributed by atoms with E-state index in [-0.39, 0.29) is 24.0 Å². The van der Waals surface area contributed by atoms with E-state index in [9.17, 15) is 9.18 Å². The number of piperidine rings is 1. The number of ether oxygens (including phenoxy) is 1. The Bertz CT molecular complexity index is 871. The lowest BCUT2D eigenvalue weighted by molar-refractivity contribution is 0.0950. The molecule has 1 saturated carbocycles. The van der Waals surface area contributed by atoms with Gasteiger partial charge < -0.3 is 20.3 Å². The summed E-state index contributed by atoms with van der Waals surface area (Å²) in [6, 6.07) is 14.4. The summed E-state index contributed by atoms with van der Waals surface area (Å²) in [6.07, 6.45) is 7.96. The third-order valence-electron chi connectivity index (χ3n) is 7.00. The van der Waals surface area contributed by atoms with Crippen molar-refractivity contribution in [2.24, 2.45) is 5.92 Å². The average Bonchev–Trinajstić information content (AvgIpc) is 2.82. The fraction of sp³-hybridized carbons (Fsp3) is 0.519. The van der Waals surface area contributed by atoms with Gasteiger partial charge in [0.05, 0.1) is 0 Å². The van der Waals surface area contributed by atoms with Gasteiger partial charge in [-0.05, 0) is 101 Å². The molecule has 0 spiro atoms. The van der Waals surface area contributed by atoms with Gasteiger partial charge in [0.2, 0.25) is 0 Å². The van der Waals surface area contributed by atoms with E-state index in [1.54, 1.807) is 12.1 Å². The van der Waals surface area contributed by atoms with E-state index in [1.807, 2.05) is 31.2 Å². The molecule has 0 aromatic heterocycles. The molecule has 6 heteroatoms. The van der Waals surface area contributed by atoms with Gasteiger partial charge in [-0.2, -0.15) is 0 Å².